The van der Waals surface area contributed by atoms with Crippen LogP contribution in [0.5, 0.6) is 0 Å². The van der Waals surface area contributed by atoms with E-state index in [1.807, 2.05) is 12.1 Å². The lowest BCUT2D eigenvalue weighted by Gasteiger charge is -2.18. The Morgan fingerprint density at radius 2 is 2.33 bits per heavy atom. The molecule has 0 aliphatic carbocycles. The van der Waals surface area contributed by atoms with Crippen molar-refractivity contribution in [2.45, 2.75) is 25.9 Å². The van der Waals surface area contributed by atoms with Crippen molar-refractivity contribution in [3.63, 3.8) is 0 Å². The van der Waals surface area contributed by atoms with Crippen LogP contribution in [-0.4, -0.2) is 29.0 Å². The Morgan fingerprint density at radius 1 is 1.52 bits per heavy atom. The van der Waals surface area contributed by atoms with Crippen molar-refractivity contribution in [2.75, 3.05) is 12.3 Å². The number of nitrogens with zero attached hydrogens (tertiary/aromatic N) is 2. The minimum absolute atomic E-state index is 0.302. The van der Waals surface area contributed by atoms with Gasteiger partial charge in [-0.25, -0.2) is 4.79 Å². The molecule has 2 aromatic rings. The van der Waals surface area contributed by atoms with E-state index in [0.717, 1.165) is 5.56 Å². The van der Waals surface area contributed by atoms with Gasteiger partial charge in [0.1, 0.15) is 0 Å². The lowest BCUT2D eigenvalue weighted by Crippen LogP contribution is -2.37. The second kappa shape index (κ2) is 4.76. The number of oxime groups is 1. The maximum Gasteiger partial charge on any atom is 0.353 e. The predicted molar refractivity (Wildman–Crippen MR) is 75.7 cm³/mol. The molecule has 1 aromatic carbocycles. The third-order valence-corrected chi connectivity index (χ3v) is 3.40. The van der Waals surface area contributed by atoms with E-state index in [1.165, 1.54) is 0 Å². The van der Waals surface area contributed by atoms with Gasteiger partial charge in [0, 0.05) is 12.0 Å². The second-order valence-corrected chi connectivity index (χ2v) is 5.04. The summed E-state index contributed by atoms with van der Waals surface area (Å²) in [5.74, 6) is -0.103. The first-order chi connectivity index (χ1) is 10.0. The number of benzene rings is 1. The molecule has 0 radical (unpaired) electrons. The maximum absolute atomic E-state index is 11.9. The molecule has 2 N–H and O–H groups in total. The van der Waals surface area contributed by atoms with Crippen molar-refractivity contribution < 1.29 is 18.9 Å². The zero-order valence-corrected chi connectivity index (χ0v) is 11.8. The molecule has 1 unspecified atom stereocenters. The predicted octanol–water partition coefficient (Wildman–Crippen LogP) is 1.86. The highest BCUT2D eigenvalue weighted by atomic mass is 16.7. The number of anilines is 1. The Labute approximate surface area is 120 Å². The van der Waals surface area contributed by atoms with Crippen LogP contribution in [0, 0.1) is 0 Å². The van der Waals surface area contributed by atoms with Gasteiger partial charge < -0.3 is 19.8 Å². The maximum atomic E-state index is 11.9. The fourth-order valence-corrected chi connectivity index (χ4v) is 2.22. The van der Waals surface area contributed by atoms with Gasteiger partial charge in [0.2, 0.25) is 5.60 Å². The number of carbonyl (C=O) groups is 1. The van der Waals surface area contributed by atoms with Crippen LogP contribution >= 0.6 is 0 Å². The van der Waals surface area contributed by atoms with Crippen molar-refractivity contribution in [3.8, 4) is 0 Å². The number of aromatic nitrogens is 1. The van der Waals surface area contributed by atoms with Gasteiger partial charge in [-0.15, -0.1) is 0 Å². The monoisotopic (exact) mass is 289 g/mol. The fraction of sp³-hybridized carbons (Fsp3) is 0.357. The molecule has 0 fully saturated rings. The summed E-state index contributed by atoms with van der Waals surface area (Å²) in [4.78, 5) is 17.2. The third-order valence-electron chi connectivity index (χ3n) is 3.40. The SMILES string of the molecule is CCOC(=O)C1(C)CC(c2ccc3onc(N)c3c2)=NO1. The summed E-state index contributed by atoms with van der Waals surface area (Å²) in [6, 6.07) is 5.41. The van der Waals surface area contributed by atoms with Crippen LogP contribution in [-0.2, 0) is 14.4 Å². The topological polar surface area (TPSA) is 99.9 Å². The summed E-state index contributed by atoms with van der Waals surface area (Å²) in [6.45, 7) is 3.71. The molecule has 0 amide bonds. The van der Waals surface area contributed by atoms with E-state index in [1.54, 1.807) is 19.9 Å². The largest absolute Gasteiger partial charge is 0.463 e. The molecule has 0 saturated heterocycles. The van der Waals surface area contributed by atoms with Crippen LogP contribution in [0.25, 0.3) is 11.0 Å². The van der Waals surface area contributed by atoms with Gasteiger partial charge >= 0.3 is 5.97 Å². The van der Waals surface area contributed by atoms with Gasteiger partial charge in [0.15, 0.2) is 11.4 Å². The highest BCUT2D eigenvalue weighted by Crippen LogP contribution is 2.30. The Kier molecular flexibility index (Phi) is 3.04. The van der Waals surface area contributed by atoms with E-state index in [4.69, 9.17) is 19.8 Å². The number of hydrogen-bond donors (Lipinski definition) is 1. The Morgan fingerprint density at radius 3 is 3.10 bits per heavy atom. The summed E-state index contributed by atoms with van der Waals surface area (Å²) >= 11 is 0. The minimum atomic E-state index is -1.08. The first kappa shape index (κ1) is 13.4. The van der Waals surface area contributed by atoms with Crippen molar-refractivity contribution in [1.82, 2.24) is 5.16 Å². The molecule has 7 heteroatoms. The van der Waals surface area contributed by atoms with Crippen LogP contribution < -0.4 is 5.73 Å². The zero-order chi connectivity index (χ0) is 15.0. The Balaban J connectivity index is 1.87. The van der Waals surface area contributed by atoms with Gasteiger partial charge in [-0.05, 0) is 32.0 Å². The molecule has 21 heavy (non-hydrogen) atoms. The van der Waals surface area contributed by atoms with Crippen LogP contribution in [0.1, 0.15) is 25.8 Å². The molecule has 0 bridgehead atoms. The number of esters is 1. The van der Waals surface area contributed by atoms with Crippen LogP contribution in [0.2, 0.25) is 0 Å². The number of carbonyl (C=O) groups excluding carboxylic acids is 1. The summed E-state index contributed by atoms with van der Waals surface area (Å²) < 4.78 is 10.1. The van der Waals surface area contributed by atoms with E-state index in [2.05, 4.69) is 10.3 Å². The number of nitrogens with two attached hydrogens (primary N) is 1. The molecule has 0 spiro atoms. The van der Waals surface area contributed by atoms with Gasteiger partial charge in [0.25, 0.3) is 0 Å². The molecular weight excluding hydrogens is 274 g/mol. The molecular formula is C14H15N3O4. The van der Waals surface area contributed by atoms with Crippen LogP contribution in [0.15, 0.2) is 27.9 Å². The lowest BCUT2D eigenvalue weighted by molar-refractivity contribution is -0.166. The average molecular weight is 289 g/mol. The quantitative estimate of drug-likeness (QED) is 0.865. The first-order valence-electron chi connectivity index (χ1n) is 6.61. The molecule has 1 aromatic heterocycles. The summed E-state index contributed by atoms with van der Waals surface area (Å²) in [5.41, 5.74) is 6.72. The molecule has 110 valence electrons. The normalized spacial score (nSPS) is 21.1. The second-order valence-electron chi connectivity index (χ2n) is 5.04. The smallest absolute Gasteiger partial charge is 0.353 e. The fourth-order valence-electron chi connectivity index (χ4n) is 2.22. The highest BCUT2D eigenvalue weighted by Gasteiger charge is 2.43. The highest BCUT2D eigenvalue weighted by molar-refractivity contribution is 6.07. The van der Waals surface area contributed by atoms with E-state index < -0.39 is 11.6 Å². The van der Waals surface area contributed by atoms with Gasteiger partial charge in [-0.2, -0.15) is 0 Å². The summed E-state index contributed by atoms with van der Waals surface area (Å²) in [5, 5.41) is 8.42. The Bertz CT molecular complexity index is 737. The van der Waals surface area contributed by atoms with Crippen molar-refractivity contribution in [1.29, 1.82) is 0 Å². The van der Waals surface area contributed by atoms with Crippen molar-refractivity contribution >= 4 is 28.5 Å². The number of rotatable bonds is 3. The van der Waals surface area contributed by atoms with Gasteiger partial charge in [0.05, 0.1) is 17.7 Å². The molecule has 1 aliphatic heterocycles. The molecule has 1 aliphatic rings. The molecule has 0 saturated carbocycles. The van der Waals surface area contributed by atoms with Gasteiger partial charge in [-0.1, -0.05) is 10.3 Å². The lowest BCUT2D eigenvalue weighted by atomic mass is 9.95. The summed E-state index contributed by atoms with van der Waals surface area (Å²) in [7, 11) is 0. The molecule has 3 rings (SSSR count). The molecule has 7 nitrogen and oxygen atoms in total. The van der Waals surface area contributed by atoms with Crippen LogP contribution in [0.3, 0.4) is 0 Å². The van der Waals surface area contributed by atoms with Crippen LogP contribution in [0.4, 0.5) is 5.82 Å². The first-order valence-corrected chi connectivity index (χ1v) is 6.61. The van der Waals surface area contributed by atoms with Gasteiger partial charge in [-0.3, -0.25) is 0 Å². The van der Waals surface area contributed by atoms with Crippen molar-refractivity contribution in [3.05, 3.63) is 23.8 Å². The molecule has 2 heterocycles. The number of nitrogen functional groups attached to an aromatic ring is 1. The number of hydrogen-bond acceptors (Lipinski definition) is 7. The van der Waals surface area contributed by atoms with E-state index >= 15 is 0 Å². The van der Waals surface area contributed by atoms with E-state index in [0.29, 0.717) is 35.5 Å². The minimum Gasteiger partial charge on any atom is -0.463 e. The van der Waals surface area contributed by atoms with E-state index in [9.17, 15) is 4.79 Å². The average Bonchev–Trinajstić information content (AvgIpc) is 3.04. The van der Waals surface area contributed by atoms with E-state index in [-0.39, 0.29) is 0 Å². The zero-order valence-electron chi connectivity index (χ0n) is 11.8. The molecule has 1 atom stereocenters. The van der Waals surface area contributed by atoms with Crippen molar-refractivity contribution in [2.24, 2.45) is 5.16 Å². The number of ether oxygens (including phenoxy) is 1. The number of fused-ring (bicyclic) bond motifs is 1. The summed E-state index contributed by atoms with van der Waals surface area (Å²) in [6.07, 6.45) is 0.336. The third kappa shape index (κ3) is 2.20. The standard InChI is InChI=1S/C14H15N3O4/c1-3-19-13(18)14(2)7-10(16-21-14)8-4-5-11-9(6-8)12(15)17-20-11/h4-6H,3,7H2,1-2H3,(H2,15,17). The Hall–Kier alpha value is -2.57.